The maximum atomic E-state index is 13.0. The number of methoxy groups -OCH3 is 1. The third-order valence-corrected chi connectivity index (χ3v) is 3.99. The minimum absolute atomic E-state index is 0.0510. The first-order valence-electron chi connectivity index (χ1n) is 8.99. The van der Waals surface area contributed by atoms with Crippen molar-refractivity contribution in [2.24, 2.45) is 0 Å². The van der Waals surface area contributed by atoms with Crippen molar-refractivity contribution in [1.82, 2.24) is 19.6 Å². The number of pyridine rings is 1. The molecule has 0 saturated carbocycles. The summed E-state index contributed by atoms with van der Waals surface area (Å²) in [4.78, 5) is 32.6. The molecule has 10 nitrogen and oxygen atoms in total. The second-order valence-corrected chi connectivity index (χ2v) is 6.20. The fraction of sp³-hybridized carbons (Fsp3) is 0.211. The first-order valence-corrected chi connectivity index (χ1v) is 8.99. The molecule has 3 heterocycles. The number of hydrogen-bond donors (Lipinski definition) is 2. The first kappa shape index (κ1) is 22.7. The van der Waals surface area contributed by atoms with E-state index in [2.05, 4.69) is 27.0 Å². The van der Waals surface area contributed by atoms with Crippen molar-refractivity contribution >= 4 is 29.0 Å². The Labute approximate surface area is 179 Å². The molecule has 0 aliphatic carbocycles. The zero-order valence-electron chi connectivity index (χ0n) is 16.6. The first-order chi connectivity index (χ1) is 15.2. The molecule has 0 bridgehead atoms. The Kier molecular flexibility index (Phi) is 6.68. The molecule has 0 aliphatic heterocycles. The SMILES string of the molecule is C=CCOCc1ccn2nc(NC(=O)C(F)(F)F)c(C(=O)Nc3cnccc3OC)c2n1. The second kappa shape index (κ2) is 9.43. The number of aromatic nitrogens is 4. The van der Waals surface area contributed by atoms with Gasteiger partial charge in [-0.05, 0) is 6.07 Å². The molecule has 0 fully saturated rings. The van der Waals surface area contributed by atoms with Gasteiger partial charge in [-0.25, -0.2) is 9.50 Å². The standard InChI is InChI=1S/C19H17F3N6O4/c1-3-8-32-10-11-5-7-28-16(24-11)14(15(27-28)26-18(30)19(20,21)22)17(29)25-12-9-23-6-4-13(12)31-2/h3-7,9H,1,8,10H2,2H3,(H,25,29)(H,26,27,30). The Bertz CT molecular complexity index is 1160. The van der Waals surface area contributed by atoms with Crippen molar-refractivity contribution in [2.75, 3.05) is 24.4 Å². The molecule has 0 radical (unpaired) electrons. The van der Waals surface area contributed by atoms with Gasteiger partial charge in [-0.1, -0.05) is 6.08 Å². The van der Waals surface area contributed by atoms with Crippen molar-refractivity contribution in [3.8, 4) is 5.75 Å². The third kappa shape index (κ3) is 5.00. The lowest BCUT2D eigenvalue weighted by Gasteiger charge is -2.10. The summed E-state index contributed by atoms with van der Waals surface area (Å²) >= 11 is 0. The number of hydrogen-bond acceptors (Lipinski definition) is 7. The van der Waals surface area contributed by atoms with E-state index in [9.17, 15) is 22.8 Å². The van der Waals surface area contributed by atoms with Crippen LogP contribution in [0.2, 0.25) is 0 Å². The van der Waals surface area contributed by atoms with Gasteiger partial charge in [-0.15, -0.1) is 11.7 Å². The average Bonchev–Trinajstić information content (AvgIpc) is 3.10. The van der Waals surface area contributed by atoms with Crippen LogP contribution >= 0.6 is 0 Å². The summed E-state index contributed by atoms with van der Waals surface area (Å²) in [5.41, 5.74) is 0.0421. The topological polar surface area (TPSA) is 120 Å². The Hall–Kier alpha value is -4.00. The number of carbonyl (C=O) groups excluding carboxylic acids is 2. The molecule has 0 aromatic carbocycles. The lowest BCUT2D eigenvalue weighted by molar-refractivity contribution is -0.167. The van der Waals surface area contributed by atoms with Gasteiger partial charge in [0.2, 0.25) is 0 Å². The minimum atomic E-state index is -5.19. The fourth-order valence-electron chi connectivity index (χ4n) is 2.61. The number of nitrogens with one attached hydrogen (secondary N) is 2. The van der Waals surface area contributed by atoms with E-state index >= 15 is 0 Å². The molecular weight excluding hydrogens is 433 g/mol. The predicted molar refractivity (Wildman–Crippen MR) is 106 cm³/mol. The number of amides is 2. The maximum Gasteiger partial charge on any atom is 0.471 e. The summed E-state index contributed by atoms with van der Waals surface area (Å²) in [6.07, 6.45) is 0.434. The molecular formula is C19H17F3N6O4. The van der Waals surface area contributed by atoms with Crippen LogP contribution in [0, 0.1) is 0 Å². The molecule has 0 spiro atoms. The Morgan fingerprint density at radius 2 is 2.06 bits per heavy atom. The molecule has 2 amide bonds. The summed E-state index contributed by atoms with van der Waals surface area (Å²) in [5, 5.41) is 7.97. The number of rotatable bonds is 8. The smallest absolute Gasteiger partial charge is 0.471 e. The van der Waals surface area contributed by atoms with E-state index in [1.54, 1.807) is 5.32 Å². The second-order valence-electron chi connectivity index (χ2n) is 6.20. The van der Waals surface area contributed by atoms with Crippen molar-refractivity contribution < 1.29 is 32.2 Å². The molecule has 0 aliphatic rings. The van der Waals surface area contributed by atoms with Gasteiger partial charge in [0.25, 0.3) is 5.91 Å². The molecule has 2 N–H and O–H groups in total. The molecule has 32 heavy (non-hydrogen) atoms. The van der Waals surface area contributed by atoms with Gasteiger partial charge in [0.1, 0.15) is 17.0 Å². The van der Waals surface area contributed by atoms with Gasteiger partial charge in [0.15, 0.2) is 11.5 Å². The number of nitrogens with zero attached hydrogens (tertiary/aromatic N) is 4. The fourth-order valence-corrected chi connectivity index (χ4v) is 2.61. The number of ether oxygens (including phenoxy) is 2. The maximum absolute atomic E-state index is 13.0. The van der Waals surface area contributed by atoms with Gasteiger partial charge < -0.3 is 20.1 Å². The van der Waals surface area contributed by atoms with Crippen molar-refractivity contribution in [3.05, 3.63) is 54.6 Å². The number of carbonyl (C=O) groups is 2. The van der Waals surface area contributed by atoms with Crippen molar-refractivity contribution in [3.63, 3.8) is 0 Å². The van der Waals surface area contributed by atoms with Gasteiger partial charge in [0.05, 0.1) is 32.2 Å². The average molecular weight is 450 g/mol. The lowest BCUT2D eigenvalue weighted by atomic mass is 10.2. The molecule has 0 atom stereocenters. The highest BCUT2D eigenvalue weighted by molar-refractivity contribution is 6.14. The molecule has 3 aromatic rings. The summed E-state index contributed by atoms with van der Waals surface area (Å²) in [5.74, 6) is -3.54. The normalized spacial score (nSPS) is 11.2. The summed E-state index contributed by atoms with van der Waals surface area (Å²) in [7, 11) is 1.37. The number of anilines is 2. The summed E-state index contributed by atoms with van der Waals surface area (Å²) < 4.78 is 49.9. The van der Waals surface area contributed by atoms with E-state index in [4.69, 9.17) is 9.47 Å². The molecule has 13 heteroatoms. The highest BCUT2D eigenvalue weighted by atomic mass is 19.4. The Morgan fingerprint density at radius 3 is 2.75 bits per heavy atom. The predicted octanol–water partition coefficient (Wildman–Crippen LogP) is 2.59. The highest BCUT2D eigenvalue weighted by Gasteiger charge is 2.40. The van der Waals surface area contributed by atoms with Crippen molar-refractivity contribution in [2.45, 2.75) is 12.8 Å². The van der Waals surface area contributed by atoms with Crippen LogP contribution < -0.4 is 15.4 Å². The van der Waals surface area contributed by atoms with Gasteiger partial charge in [-0.2, -0.15) is 13.2 Å². The van der Waals surface area contributed by atoms with Crippen LogP contribution in [0.1, 0.15) is 16.1 Å². The summed E-state index contributed by atoms with van der Waals surface area (Å²) in [6, 6.07) is 2.98. The third-order valence-electron chi connectivity index (χ3n) is 3.99. The van der Waals surface area contributed by atoms with E-state index in [-0.39, 0.29) is 35.9 Å². The number of halogens is 3. The summed E-state index contributed by atoms with van der Waals surface area (Å²) in [6.45, 7) is 3.82. The van der Waals surface area contributed by atoms with Gasteiger partial charge in [0, 0.05) is 18.5 Å². The Morgan fingerprint density at radius 1 is 1.28 bits per heavy atom. The molecule has 3 aromatic heterocycles. The van der Waals surface area contributed by atoms with E-state index in [0.717, 1.165) is 4.52 Å². The van der Waals surface area contributed by atoms with E-state index < -0.39 is 23.8 Å². The quantitative estimate of drug-likeness (QED) is 0.400. The van der Waals surface area contributed by atoms with Crippen LogP contribution in [0.5, 0.6) is 5.75 Å². The van der Waals surface area contributed by atoms with Crippen LogP contribution in [-0.2, 0) is 16.1 Å². The van der Waals surface area contributed by atoms with Crippen LogP contribution in [0.3, 0.4) is 0 Å². The lowest BCUT2D eigenvalue weighted by Crippen LogP contribution is -2.31. The molecule has 168 valence electrons. The van der Waals surface area contributed by atoms with E-state index in [0.29, 0.717) is 5.69 Å². The highest BCUT2D eigenvalue weighted by Crippen LogP contribution is 2.27. The minimum Gasteiger partial charge on any atom is -0.494 e. The van der Waals surface area contributed by atoms with Crippen LogP contribution in [-0.4, -0.2) is 51.3 Å². The van der Waals surface area contributed by atoms with Gasteiger partial charge >= 0.3 is 12.1 Å². The Balaban J connectivity index is 2.04. The van der Waals surface area contributed by atoms with E-state index in [1.807, 2.05) is 0 Å². The molecule has 0 saturated heterocycles. The molecule has 0 unspecified atom stereocenters. The van der Waals surface area contributed by atoms with Gasteiger partial charge in [-0.3, -0.25) is 14.6 Å². The van der Waals surface area contributed by atoms with Crippen LogP contribution in [0.15, 0.2) is 43.4 Å². The van der Waals surface area contributed by atoms with Crippen LogP contribution in [0.4, 0.5) is 24.7 Å². The monoisotopic (exact) mass is 450 g/mol. The van der Waals surface area contributed by atoms with Crippen molar-refractivity contribution in [1.29, 1.82) is 0 Å². The number of fused-ring (bicyclic) bond motifs is 1. The van der Waals surface area contributed by atoms with Crippen LogP contribution in [0.25, 0.3) is 5.65 Å². The van der Waals surface area contributed by atoms with E-state index in [1.165, 1.54) is 43.9 Å². The zero-order valence-corrected chi connectivity index (χ0v) is 16.6. The zero-order chi connectivity index (χ0) is 23.3. The molecule has 3 rings (SSSR count). The number of alkyl halides is 3. The largest absolute Gasteiger partial charge is 0.494 e.